The molecule has 0 aromatic carbocycles. The summed E-state index contributed by atoms with van der Waals surface area (Å²) in [6.45, 7) is 4.79. The quantitative estimate of drug-likeness (QED) is 0.664. The van der Waals surface area contributed by atoms with Crippen LogP contribution >= 0.6 is 11.8 Å². The summed E-state index contributed by atoms with van der Waals surface area (Å²) < 4.78 is 7.26. The van der Waals surface area contributed by atoms with E-state index in [1.807, 2.05) is 18.7 Å². The first-order chi connectivity index (χ1) is 8.77. The average molecular weight is 271 g/mol. The minimum atomic E-state index is 0.796. The molecule has 0 amide bonds. The van der Waals surface area contributed by atoms with Gasteiger partial charge < -0.3 is 14.6 Å². The van der Waals surface area contributed by atoms with Gasteiger partial charge in [-0.3, -0.25) is 0 Å². The lowest BCUT2D eigenvalue weighted by molar-refractivity contribution is 0.190. The first-order valence-corrected chi connectivity index (χ1v) is 7.93. The van der Waals surface area contributed by atoms with E-state index in [0.29, 0.717) is 0 Å². The molecule has 1 heterocycles. The molecule has 0 fully saturated rings. The predicted molar refractivity (Wildman–Crippen MR) is 79.6 cm³/mol. The van der Waals surface area contributed by atoms with E-state index < -0.39 is 0 Å². The molecule has 5 heteroatoms. The number of ether oxygens (including phenoxy) is 1. The number of anilines is 1. The molecule has 0 aliphatic rings. The number of nitrogens with one attached hydrogen (secondary N) is 1. The van der Waals surface area contributed by atoms with Gasteiger partial charge in [0.25, 0.3) is 0 Å². The van der Waals surface area contributed by atoms with Gasteiger partial charge in [-0.1, -0.05) is 0 Å². The van der Waals surface area contributed by atoms with E-state index in [0.717, 1.165) is 37.8 Å². The summed E-state index contributed by atoms with van der Waals surface area (Å²) in [6.07, 6.45) is 7.73. The van der Waals surface area contributed by atoms with E-state index in [2.05, 4.69) is 27.3 Å². The van der Waals surface area contributed by atoms with Crippen molar-refractivity contribution >= 4 is 17.7 Å². The molecule has 1 rings (SSSR count). The Morgan fingerprint density at radius 1 is 1.39 bits per heavy atom. The Balaban J connectivity index is 2.33. The van der Waals surface area contributed by atoms with E-state index in [4.69, 9.17) is 4.74 Å². The van der Waals surface area contributed by atoms with Crippen LogP contribution in [0.2, 0.25) is 0 Å². The van der Waals surface area contributed by atoms with Crippen LogP contribution in [0.5, 0.6) is 0 Å². The maximum Gasteiger partial charge on any atom is 0.203 e. The van der Waals surface area contributed by atoms with Crippen LogP contribution in [-0.4, -0.2) is 41.8 Å². The van der Waals surface area contributed by atoms with Crippen molar-refractivity contribution < 1.29 is 4.74 Å². The van der Waals surface area contributed by atoms with E-state index in [9.17, 15) is 0 Å². The minimum Gasteiger partial charge on any atom is -0.385 e. The van der Waals surface area contributed by atoms with Crippen molar-refractivity contribution in [1.29, 1.82) is 0 Å². The second kappa shape index (κ2) is 9.28. The molecule has 0 bridgehead atoms. The third kappa shape index (κ3) is 5.78. The van der Waals surface area contributed by atoms with E-state index in [1.165, 1.54) is 18.6 Å². The molecule has 0 saturated carbocycles. The Hall–Kier alpha value is -0.680. The smallest absolute Gasteiger partial charge is 0.203 e. The fourth-order valence-corrected chi connectivity index (χ4v) is 2.30. The molecule has 0 atom stereocenters. The lowest BCUT2D eigenvalue weighted by Gasteiger charge is -2.09. The molecule has 4 nitrogen and oxygen atoms in total. The molecule has 1 aromatic heterocycles. The average Bonchev–Trinajstić information content (AvgIpc) is 2.70. The Labute approximate surface area is 115 Å². The third-order valence-corrected chi connectivity index (χ3v) is 3.40. The zero-order valence-electron chi connectivity index (χ0n) is 11.7. The molecular formula is C13H25N3OS. The van der Waals surface area contributed by atoms with Crippen LogP contribution in [0.15, 0.2) is 6.20 Å². The van der Waals surface area contributed by atoms with Crippen molar-refractivity contribution in [3.8, 4) is 0 Å². The molecule has 1 N–H and O–H groups in total. The number of aromatic nitrogens is 2. The number of aryl methyl sites for hydroxylation is 2. The summed E-state index contributed by atoms with van der Waals surface area (Å²) in [7, 11) is 1.74. The SMILES string of the molecule is COCCCn1cc(C)nc1NCCCCSC. The van der Waals surface area contributed by atoms with Gasteiger partial charge in [0.15, 0.2) is 0 Å². The van der Waals surface area contributed by atoms with Crippen LogP contribution in [0.1, 0.15) is 25.0 Å². The van der Waals surface area contributed by atoms with Gasteiger partial charge in [0, 0.05) is 33.0 Å². The highest BCUT2D eigenvalue weighted by Gasteiger charge is 2.04. The van der Waals surface area contributed by atoms with Crippen molar-refractivity contribution in [2.24, 2.45) is 0 Å². The first kappa shape index (κ1) is 15.4. The molecule has 0 aliphatic heterocycles. The van der Waals surface area contributed by atoms with E-state index in [1.54, 1.807) is 7.11 Å². The maximum atomic E-state index is 5.08. The highest BCUT2D eigenvalue weighted by atomic mass is 32.2. The first-order valence-electron chi connectivity index (χ1n) is 6.53. The normalized spacial score (nSPS) is 10.8. The molecule has 0 aliphatic carbocycles. The number of unbranched alkanes of at least 4 members (excludes halogenated alkanes) is 1. The Kier molecular flexibility index (Phi) is 7.93. The summed E-state index contributed by atoms with van der Waals surface area (Å²) in [4.78, 5) is 4.51. The molecular weight excluding hydrogens is 246 g/mol. The van der Waals surface area contributed by atoms with Gasteiger partial charge in [-0.15, -0.1) is 0 Å². The van der Waals surface area contributed by atoms with Gasteiger partial charge in [0.1, 0.15) is 0 Å². The van der Waals surface area contributed by atoms with Gasteiger partial charge in [-0.2, -0.15) is 11.8 Å². The van der Waals surface area contributed by atoms with Crippen molar-refractivity contribution in [3.63, 3.8) is 0 Å². The lowest BCUT2D eigenvalue weighted by atomic mass is 10.3. The topological polar surface area (TPSA) is 39.1 Å². The fraction of sp³-hybridized carbons (Fsp3) is 0.769. The number of thioether (sulfide) groups is 1. The second-order valence-electron chi connectivity index (χ2n) is 4.37. The summed E-state index contributed by atoms with van der Waals surface area (Å²) in [5.41, 5.74) is 1.07. The van der Waals surface area contributed by atoms with Crippen molar-refractivity contribution in [1.82, 2.24) is 9.55 Å². The molecule has 0 radical (unpaired) electrons. The maximum absolute atomic E-state index is 5.08. The highest BCUT2D eigenvalue weighted by molar-refractivity contribution is 7.98. The highest BCUT2D eigenvalue weighted by Crippen LogP contribution is 2.10. The lowest BCUT2D eigenvalue weighted by Crippen LogP contribution is -2.10. The summed E-state index contributed by atoms with van der Waals surface area (Å²) in [6, 6.07) is 0. The number of rotatable bonds is 10. The van der Waals surface area contributed by atoms with Crippen molar-refractivity contribution in [2.45, 2.75) is 32.7 Å². The van der Waals surface area contributed by atoms with Gasteiger partial charge in [0.2, 0.25) is 5.95 Å². The fourth-order valence-electron chi connectivity index (χ4n) is 1.81. The zero-order valence-corrected chi connectivity index (χ0v) is 12.6. The van der Waals surface area contributed by atoms with Gasteiger partial charge in [-0.25, -0.2) is 4.98 Å². The molecule has 18 heavy (non-hydrogen) atoms. The summed E-state index contributed by atoms with van der Waals surface area (Å²) >= 11 is 1.91. The van der Waals surface area contributed by atoms with Crippen LogP contribution in [0.4, 0.5) is 5.95 Å². The number of hydrogen-bond donors (Lipinski definition) is 1. The third-order valence-electron chi connectivity index (χ3n) is 2.70. The predicted octanol–water partition coefficient (Wildman–Crippen LogP) is 2.78. The summed E-state index contributed by atoms with van der Waals surface area (Å²) in [5.74, 6) is 2.23. The Morgan fingerprint density at radius 2 is 2.22 bits per heavy atom. The standard InChI is InChI=1S/C13H25N3OS/c1-12-11-16(8-6-9-17-2)13(15-12)14-7-4-5-10-18-3/h11H,4-10H2,1-3H3,(H,14,15). The molecule has 0 unspecified atom stereocenters. The molecule has 104 valence electrons. The van der Waals surface area contributed by atoms with Crippen LogP contribution in [0.3, 0.4) is 0 Å². The molecule has 0 spiro atoms. The zero-order chi connectivity index (χ0) is 13.2. The summed E-state index contributed by atoms with van der Waals surface area (Å²) in [5, 5.41) is 3.42. The van der Waals surface area contributed by atoms with Crippen LogP contribution < -0.4 is 5.32 Å². The van der Waals surface area contributed by atoms with Crippen molar-refractivity contribution in [2.75, 3.05) is 37.6 Å². The monoisotopic (exact) mass is 271 g/mol. The van der Waals surface area contributed by atoms with Crippen LogP contribution in [-0.2, 0) is 11.3 Å². The Bertz CT molecular complexity index is 328. The van der Waals surface area contributed by atoms with Crippen molar-refractivity contribution in [3.05, 3.63) is 11.9 Å². The molecule has 1 aromatic rings. The Morgan fingerprint density at radius 3 is 2.94 bits per heavy atom. The second-order valence-corrected chi connectivity index (χ2v) is 5.36. The van der Waals surface area contributed by atoms with Crippen LogP contribution in [0.25, 0.3) is 0 Å². The molecule has 0 saturated heterocycles. The minimum absolute atomic E-state index is 0.796. The number of nitrogens with zero attached hydrogens (tertiary/aromatic N) is 2. The number of hydrogen-bond acceptors (Lipinski definition) is 4. The van der Waals surface area contributed by atoms with Gasteiger partial charge in [-0.05, 0) is 38.2 Å². The number of methoxy groups -OCH3 is 1. The van der Waals surface area contributed by atoms with Gasteiger partial charge >= 0.3 is 0 Å². The van der Waals surface area contributed by atoms with E-state index in [-0.39, 0.29) is 0 Å². The van der Waals surface area contributed by atoms with Gasteiger partial charge in [0.05, 0.1) is 5.69 Å². The largest absolute Gasteiger partial charge is 0.385 e. The van der Waals surface area contributed by atoms with Crippen LogP contribution in [0, 0.1) is 6.92 Å². The number of imidazole rings is 1. The van der Waals surface area contributed by atoms with E-state index >= 15 is 0 Å².